The number of carbonyl (C=O) groups is 3. The van der Waals surface area contributed by atoms with Crippen molar-refractivity contribution in [2.45, 2.75) is 83.7 Å². The van der Waals surface area contributed by atoms with Crippen molar-refractivity contribution < 1.29 is 19.1 Å². The zero-order chi connectivity index (χ0) is 19.2. The lowest BCUT2D eigenvalue weighted by molar-refractivity contribution is -0.141. The zero-order valence-electron chi connectivity index (χ0n) is 16.4. The number of unbranched alkanes of at least 4 members (excludes halogenated alkanes) is 3. The molecule has 0 aromatic heterocycles. The molecule has 8 heteroatoms. The van der Waals surface area contributed by atoms with Crippen LogP contribution in [0.4, 0.5) is 0 Å². The van der Waals surface area contributed by atoms with Gasteiger partial charge in [-0.1, -0.05) is 32.6 Å². The zero-order valence-corrected chi connectivity index (χ0v) is 17.2. The Morgan fingerprint density at radius 1 is 1.04 bits per heavy atom. The first-order valence-corrected chi connectivity index (χ1v) is 9.28. The van der Waals surface area contributed by atoms with Crippen LogP contribution in [0.5, 0.6) is 0 Å². The topological polar surface area (TPSA) is 116 Å². The fourth-order valence-electron chi connectivity index (χ4n) is 2.91. The van der Waals surface area contributed by atoms with Crippen molar-refractivity contribution in [2.24, 2.45) is 11.5 Å². The van der Waals surface area contributed by atoms with Crippen LogP contribution in [0.15, 0.2) is 0 Å². The third-order valence-electron chi connectivity index (χ3n) is 4.33. The number of hydrogen-bond acceptors (Lipinski definition) is 5. The van der Waals surface area contributed by atoms with E-state index in [1.165, 1.54) is 7.11 Å². The van der Waals surface area contributed by atoms with E-state index in [1.54, 1.807) is 4.90 Å². The minimum absolute atomic E-state index is 0. The molecule has 0 heterocycles. The summed E-state index contributed by atoms with van der Waals surface area (Å²) in [5.74, 6) is -0.908. The summed E-state index contributed by atoms with van der Waals surface area (Å²) in [6, 6.07) is -0.894. The molecule has 0 aromatic carbocycles. The van der Waals surface area contributed by atoms with Crippen molar-refractivity contribution in [3.63, 3.8) is 0 Å². The summed E-state index contributed by atoms with van der Waals surface area (Å²) in [4.78, 5) is 36.9. The Bertz CT molecular complexity index is 421. The quantitative estimate of drug-likeness (QED) is 0.346. The van der Waals surface area contributed by atoms with Gasteiger partial charge in [0.1, 0.15) is 0 Å². The van der Waals surface area contributed by atoms with Gasteiger partial charge >= 0.3 is 5.97 Å². The Morgan fingerprint density at radius 3 is 2.19 bits per heavy atom. The number of methoxy groups -OCH3 is 1. The highest BCUT2D eigenvalue weighted by Gasteiger charge is 2.27. The van der Waals surface area contributed by atoms with Crippen LogP contribution in [0.3, 0.4) is 0 Å². The molecule has 0 aliphatic carbocycles. The summed E-state index contributed by atoms with van der Waals surface area (Å²) < 4.78 is 4.58. The predicted octanol–water partition coefficient (Wildman–Crippen LogP) is 2.14. The number of carbonyl (C=O) groups excluding carboxylic acids is 3. The number of esters is 1. The standard InChI is InChI=1S/C18H35N3O4.ClH/c1-4-6-7-8-10-14(13-16(20)22)21(5-2)18(24)15(19)11-9-12-17(23)25-3;/h14-15H,4-13,19H2,1-3H3,(H2,20,22);1H/t14-,15-;/m0./s1. The van der Waals surface area contributed by atoms with Gasteiger partial charge in [0.05, 0.1) is 13.2 Å². The Balaban J connectivity index is 0. The average molecular weight is 394 g/mol. The maximum atomic E-state index is 12.7. The van der Waals surface area contributed by atoms with E-state index >= 15 is 0 Å². The first kappa shape index (κ1) is 26.9. The fraction of sp³-hybridized carbons (Fsp3) is 0.833. The van der Waals surface area contributed by atoms with E-state index in [2.05, 4.69) is 11.7 Å². The number of nitrogens with two attached hydrogens (primary N) is 2. The maximum absolute atomic E-state index is 12.7. The minimum atomic E-state index is -0.685. The van der Waals surface area contributed by atoms with Gasteiger partial charge in [0.15, 0.2) is 0 Å². The molecule has 154 valence electrons. The third-order valence-corrected chi connectivity index (χ3v) is 4.33. The van der Waals surface area contributed by atoms with Gasteiger partial charge in [0, 0.05) is 25.4 Å². The van der Waals surface area contributed by atoms with Crippen LogP contribution in [0.25, 0.3) is 0 Å². The van der Waals surface area contributed by atoms with E-state index in [4.69, 9.17) is 11.5 Å². The molecule has 0 saturated heterocycles. The molecule has 0 aliphatic rings. The number of halogens is 1. The summed E-state index contributed by atoms with van der Waals surface area (Å²) in [6.45, 7) is 4.49. The number of primary amides is 1. The van der Waals surface area contributed by atoms with Crippen LogP contribution in [-0.2, 0) is 19.1 Å². The van der Waals surface area contributed by atoms with Gasteiger partial charge in [-0.3, -0.25) is 14.4 Å². The van der Waals surface area contributed by atoms with Crippen LogP contribution in [0.1, 0.15) is 71.6 Å². The maximum Gasteiger partial charge on any atom is 0.305 e. The number of nitrogens with zero attached hydrogens (tertiary/aromatic N) is 1. The Labute approximate surface area is 163 Å². The summed E-state index contributed by atoms with van der Waals surface area (Å²) in [5, 5.41) is 0. The van der Waals surface area contributed by atoms with Crippen LogP contribution >= 0.6 is 12.4 Å². The lowest BCUT2D eigenvalue weighted by Gasteiger charge is -2.32. The van der Waals surface area contributed by atoms with E-state index in [-0.39, 0.29) is 43.2 Å². The Morgan fingerprint density at radius 2 is 1.69 bits per heavy atom. The lowest BCUT2D eigenvalue weighted by Crippen LogP contribution is -2.49. The summed E-state index contributed by atoms with van der Waals surface area (Å²) in [5.41, 5.74) is 11.4. The molecule has 0 aliphatic heterocycles. The fourth-order valence-corrected chi connectivity index (χ4v) is 2.91. The number of ether oxygens (including phenoxy) is 1. The molecule has 0 bridgehead atoms. The monoisotopic (exact) mass is 393 g/mol. The van der Waals surface area contributed by atoms with Crippen molar-refractivity contribution in [2.75, 3.05) is 13.7 Å². The highest BCUT2D eigenvalue weighted by atomic mass is 35.5. The van der Waals surface area contributed by atoms with Gasteiger partial charge in [-0.05, 0) is 26.2 Å². The highest BCUT2D eigenvalue weighted by molar-refractivity contribution is 5.85. The van der Waals surface area contributed by atoms with E-state index in [1.807, 2.05) is 6.92 Å². The lowest BCUT2D eigenvalue weighted by atomic mass is 10.0. The molecule has 0 aromatic rings. The summed E-state index contributed by atoms with van der Waals surface area (Å²) in [6.07, 6.45) is 6.33. The van der Waals surface area contributed by atoms with E-state index < -0.39 is 11.9 Å². The second-order valence-corrected chi connectivity index (χ2v) is 6.37. The van der Waals surface area contributed by atoms with Crippen LogP contribution in [0, 0.1) is 0 Å². The largest absolute Gasteiger partial charge is 0.469 e. The van der Waals surface area contributed by atoms with Gasteiger partial charge < -0.3 is 21.1 Å². The van der Waals surface area contributed by atoms with Gasteiger partial charge in [-0.2, -0.15) is 0 Å². The van der Waals surface area contributed by atoms with Gasteiger partial charge in [0.2, 0.25) is 11.8 Å². The molecule has 0 radical (unpaired) electrons. The summed E-state index contributed by atoms with van der Waals surface area (Å²) >= 11 is 0. The second-order valence-electron chi connectivity index (χ2n) is 6.37. The second kappa shape index (κ2) is 15.9. The van der Waals surface area contributed by atoms with E-state index in [9.17, 15) is 14.4 Å². The normalized spacial score (nSPS) is 12.6. The minimum Gasteiger partial charge on any atom is -0.469 e. The first-order valence-electron chi connectivity index (χ1n) is 9.28. The molecule has 2 atom stereocenters. The molecule has 0 unspecified atom stereocenters. The Kier molecular flexibility index (Phi) is 16.4. The molecule has 0 spiro atoms. The molecule has 4 N–H and O–H groups in total. The van der Waals surface area contributed by atoms with Crippen LogP contribution in [0.2, 0.25) is 0 Å². The molecule has 0 rings (SSSR count). The number of amides is 2. The number of likely N-dealkylation sites (N-methyl/N-ethyl adjacent to an activating group) is 1. The van der Waals surface area contributed by atoms with Crippen molar-refractivity contribution in [3.8, 4) is 0 Å². The predicted molar refractivity (Wildman–Crippen MR) is 105 cm³/mol. The average Bonchev–Trinajstić information content (AvgIpc) is 2.58. The van der Waals surface area contributed by atoms with Crippen molar-refractivity contribution >= 4 is 30.2 Å². The van der Waals surface area contributed by atoms with Crippen LogP contribution in [-0.4, -0.2) is 48.4 Å². The van der Waals surface area contributed by atoms with E-state index in [0.29, 0.717) is 19.4 Å². The van der Waals surface area contributed by atoms with Crippen LogP contribution < -0.4 is 11.5 Å². The number of hydrogen-bond donors (Lipinski definition) is 2. The summed E-state index contributed by atoms with van der Waals surface area (Å²) in [7, 11) is 1.33. The molecule has 26 heavy (non-hydrogen) atoms. The van der Waals surface area contributed by atoms with Crippen molar-refractivity contribution in [1.29, 1.82) is 0 Å². The molecular formula is C18H36ClN3O4. The smallest absolute Gasteiger partial charge is 0.305 e. The van der Waals surface area contributed by atoms with Crippen molar-refractivity contribution in [1.82, 2.24) is 4.90 Å². The van der Waals surface area contributed by atoms with E-state index in [0.717, 1.165) is 32.1 Å². The first-order chi connectivity index (χ1) is 11.9. The highest BCUT2D eigenvalue weighted by Crippen LogP contribution is 2.16. The molecular weight excluding hydrogens is 358 g/mol. The molecule has 2 amide bonds. The van der Waals surface area contributed by atoms with Gasteiger partial charge in [0.25, 0.3) is 0 Å². The number of rotatable bonds is 14. The van der Waals surface area contributed by atoms with Gasteiger partial charge in [-0.25, -0.2) is 0 Å². The van der Waals surface area contributed by atoms with Gasteiger partial charge in [-0.15, -0.1) is 12.4 Å². The van der Waals surface area contributed by atoms with Crippen molar-refractivity contribution in [3.05, 3.63) is 0 Å². The molecule has 0 fully saturated rings. The SMILES string of the molecule is CCCCCC[C@@H](CC(N)=O)N(CC)C(=O)[C@@H](N)CCCC(=O)OC.Cl. The Hall–Kier alpha value is -1.34. The third kappa shape index (κ3) is 11.3. The molecule has 0 saturated carbocycles. The molecule has 7 nitrogen and oxygen atoms in total.